The minimum atomic E-state index is -0.297. The molecule has 1 aliphatic carbocycles. The molecule has 1 fully saturated rings. The van der Waals surface area contributed by atoms with Gasteiger partial charge in [0.1, 0.15) is 5.75 Å². The van der Waals surface area contributed by atoms with Crippen molar-refractivity contribution in [2.24, 2.45) is 13.0 Å². The van der Waals surface area contributed by atoms with Gasteiger partial charge in [-0.2, -0.15) is 0 Å². The summed E-state index contributed by atoms with van der Waals surface area (Å²) in [5.41, 5.74) is 5.16. The van der Waals surface area contributed by atoms with E-state index >= 15 is 0 Å². The molecule has 2 heterocycles. The zero-order valence-electron chi connectivity index (χ0n) is 18.7. The van der Waals surface area contributed by atoms with Crippen LogP contribution in [0.4, 0.5) is 5.69 Å². The number of fused-ring (bicyclic) bond motifs is 4. The Morgan fingerprint density at radius 3 is 2.91 bits per heavy atom. The van der Waals surface area contributed by atoms with Crippen LogP contribution < -0.4 is 4.74 Å². The molecule has 0 saturated carbocycles. The minimum Gasteiger partial charge on any atom is -0.497 e. The Balaban J connectivity index is 1.67. The highest BCUT2D eigenvalue weighted by Crippen LogP contribution is 2.50. The van der Waals surface area contributed by atoms with Crippen molar-refractivity contribution in [2.75, 3.05) is 26.7 Å². The van der Waals surface area contributed by atoms with E-state index in [9.17, 15) is 10.1 Å². The van der Waals surface area contributed by atoms with E-state index < -0.39 is 0 Å². The second-order valence-electron chi connectivity index (χ2n) is 9.21. The first-order valence-electron chi connectivity index (χ1n) is 11.2. The zero-order chi connectivity index (χ0) is 22.5. The van der Waals surface area contributed by atoms with Crippen LogP contribution in [0.15, 0.2) is 55.1 Å². The van der Waals surface area contributed by atoms with Crippen molar-refractivity contribution in [3.63, 3.8) is 0 Å². The molecule has 1 aliphatic heterocycles. The molecular formula is C26H29N3O3. The lowest BCUT2D eigenvalue weighted by molar-refractivity contribution is -0.384. The maximum atomic E-state index is 11.4. The van der Waals surface area contributed by atoms with Gasteiger partial charge in [-0.3, -0.25) is 15.0 Å². The van der Waals surface area contributed by atoms with Crippen molar-refractivity contribution < 1.29 is 9.66 Å². The highest BCUT2D eigenvalue weighted by molar-refractivity contribution is 5.88. The first-order valence-corrected chi connectivity index (χ1v) is 11.2. The van der Waals surface area contributed by atoms with Crippen molar-refractivity contribution >= 4 is 16.6 Å². The molecule has 2 aliphatic rings. The van der Waals surface area contributed by atoms with E-state index in [-0.39, 0.29) is 16.0 Å². The lowest BCUT2D eigenvalue weighted by atomic mass is 9.58. The monoisotopic (exact) mass is 431 g/mol. The average Bonchev–Trinajstić information content (AvgIpc) is 3.08. The predicted octanol–water partition coefficient (Wildman–Crippen LogP) is 4.64. The number of piperidine rings is 1. The maximum absolute atomic E-state index is 11.4. The molecule has 0 N–H and O–H groups in total. The molecule has 32 heavy (non-hydrogen) atoms. The number of methoxy groups -OCH3 is 1. The van der Waals surface area contributed by atoms with Crippen LogP contribution in [0.3, 0.4) is 0 Å². The van der Waals surface area contributed by atoms with Crippen molar-refractivity contribution in [2.45, 2.75) is 24.7 Å². The van der Waals surface area contributed by atoms with Gasteiger partial charge >= 0.3 is 0 Å². The lowest BCUT2D eigenvalue weighted by Crippen LogP contribution is -2.53. The van der Waals surface area contributed by atoms with Gasteiger partial charge in [0.05, 0.1) is 12.0 Å². The normalized spacial score (nSPS) is 22.9. The number of hydrogen-bond donors (Lipinski definition) is 0. The molecule has 0 bridgehead atoms. The molecule has 2 atom stereocenters. The SMILES string of the molecule is C=CCN1CCC2(c3cccc(OC)c3)Cc3c(c4cc([N+](=O)[O-])ccc4n3C)CC2C1. The standard InChI is InChI=1S/C26H29N3O3/c1-4-11-28-12-10-26(18-6-5-7-21(13-18)32-3)16-25-22(14-19(26)17-28)23-15-20(29(30)31)8-9-24(23)27(25)2/h4-9,13,15,19H,1,10-12,14,16-17H2,2-3H3. The fraction of sp³-hybridized carbons (Fsp3) is 0.385. The number of hydrogen-bond acceptors (Lipinski definition) is 4. The van der Waals surface area contributed by atoms with Crippen LogP contribution in [-0.4, -0.2) is 41.1 Å². The van der Waals surface area contributed by atoms with Crippen molar-refractivity contribution in [1.29, 1.82) is 0 Å². The van der Waals surface area contributed by atoms with Gasteiger partial charge in [-0.25, -0.2) is 0 Å². The van der Waals surface area contributed by atoms with E-state index in [1.165, 1.54) is 16.8 Å². The molecule has 6 nitrogen and oxygen atoms in total. The summed E-state index contributed by atoms with van der Waals surface area (Å²) < 4.78 is 7.82. The Morgan fingerprint density at radius 2 is 2.16 bits per heavy atom. The van der Waals surface area contributed by atoms with Crippen LogP contribution in [0.25, 0.3) is 10.9 Å². The highest BCUT2D eigenvalue weighted by Gasteiger charge is 2.48. The summed E-state index contributed by atoms with van der Waals surface area (Å²) >= 11 is 0. The van der Waals surface area contributed by atoms with Gasteiger partial charge in [-0.05, 0) is 61.1 Å². The van der Waals surface area contributed by atoms with Gasteiger partial charge in [0, 0.05) is 54.3 Å². The topological polar surface area (TPSA) is 60.5 Å². The Bertz CT molecular complexity index is 1210. The largest absolute Gasteiger partial charge is 0.497 e. The van der Waals surface area contributed by atoms with E-state index in [2.05, 4.69) is 41.3 Å². The van der Waals surface area contributed by atoms with Crippen molar-refractivity contribution in [3.05, 3.63) is 82.1 Å². The summed E-state index contributed by atoms with van der Waals surface area (Å²) in [6.07, 6.45) is 4.90. The van der Waals surface area contributed by atoms with Crippen LogP contribution in [0.1, 0.15) is 23.2 Å². The Morgan fingerprint density at radius 1 is 1.31 bits per heavy atom. The fourth-order valence-corrected chi connectivity index (χ4v) is 6.07. The van der Waals surface area contributed by atoms with Crippen LogP contribution in [0, 0.1) is 16.0 Å². The van der Waals surface area contributed by atoms with Crippen LogP contribution in [0.2, 0.25) is 0 Å². The Kier molecular flexibility index (Phi) is 5.05. The summed E-state index contributed by atoms with van der Waals surface area (Å²) in [6, 6.07) is 13.8. The third-order valence-electron chi connectivity index (χ3n) is 7.73. The molecule has 5 rings (SSSR count). The van der Waals surface area contributed by atoms with Crippen LogP contribution in [-0.2, 0) is 25.3 Å². The number of rotatable bonds is 5. The predicted molar refractivity (Wildman–Crippen MR) is 126 cm³/mol. The number of aryl methyl sites for hydroxylation is 1. The first kappa shape index (κ1) is 20.8. The maximum Gasteiger partial charge on any atom is 0.270 e. The van der Waals surface area contributed by atoms with Crippen molar-refractivity contribution in [3.8, 4) is 5.75 Å². The quantitative estimate of drug-likeness (QED) is 0.335. The second kappa shape index (κ2) is 7.78. The van der Waals surface area contributed by atoms with E-state index in [0.717, 1.165) is 55.5 Å². The summed E-state index contributed by atoms with van der Waals surface area (Å²) in [4.78, 5) is 13.6. The van der Waals surface area contributed by atoms with Crippen LogP contribution in [0.5, 0.6) is 5.75 Å². The Labute approximate surface area is 188 Å². The molecule has 2 unspecified atom stereocenters. The summed E-state index contributed by atoms with van der Waals surface area (Å²) in [5.74, 6) is 1.31. The molecule has 0 amide bonds. The number of nitro benzene ring substituents is 1. The van der Waals surface area contributed by atoms with E-state index in [4.69, 9.17) is 4.74 Å². The van der Waals surface area contributed by atoms with Crippen molar-refractivity contribution in [1.82, 2.24) is 9.47 Å². The molecular weight excluding hydrogens is 402 g/mol. The lowest BCUT2D eigenvalue weighted by Gasteiger charge is -2.51. The van der Waals surface area contributed by atoms with E-state index in [0.29, 0.717) is 5.92 Å². The third-order valence-corrected chi connectivity index (χ3v) is 7.73. The average molecular weight is 432 g/mol. The molecule has 6 heteroatoms. The van der Waals surface area contributed by atoms with E-state index in [1.807, 2.05) is 18.2 Å². The van der Waals surface area contributed by atoms with Crippen LogP contribution >= 0.6 is 0 Å². The number of aromatic nitrogens is 1. The third kappa shape index (κ3) is 3.13. The summed E-state index contributed by atoms with van der Waals surface area (Å²) in [6.45, 7) is 6.85. The number of non-ortho nitro benzene ring substituents is 1. The first-order chi connectivity index (χ1) is 15.5. The molecule has 3 aromatic rings. The Hall–Kier alpha value is -3.12. The number of nitro groups is 1. The number of ether oxygens (including phenoxy) is 1. The molecule has 0 radical (unpaired) electrons. The number of likely N-dealkylation sites (tertiary alicyclic amines) is 1. The van der Waals surface area contributed by atoms with Gasteiger partial charge in [0.2, 0.25) is 0 Å². The van der Waals surface area contributed by atoms with Gasteiger partial charge in [0.25, 0.3) is 5.69 Å². The smallest absolute Gasteiger partial charge is 0.270 e. The summed E-state index contributed by atoms with van der Waals surface area (Å²) in [7, 11) is 3.82. The highest BCUT2D eigenvalue weighted by atomic mass is 16.6. The molecule has 1 saturated heterocycles. The molecule has 166 valence electrons. The minimum absolute atomic E-state index is 0.0211. The zero-order valence-corrected chi connectivity index (χ0v) is 18.7. The number of nitrogens with zero attached hydrogens (tertiary/aromatic N) is 3. The van der Waals surface area contributed by atoms with Gasteiger partial charge in [0.15, 0.2) is 0 Å². The molecule has 1 aromatic heterocycles. The van der Waals surface area contributed by atoms with Gasteiger partial charge in [-0.15, -0.1) is 6.58 Å². The summed E-state index contributed by atoms with van der Waals surface area (Å²) in [5, 5.41) is 12.5. The van der Waals surface area contributed by atoms with Gasteiger partial charge in [-0.1, -0.05) is 18.2 Å². The van der Waals surface area contributed by atoms with Gasteiger partial charge < -0.3 is 9.30 Å². The molecule has 2 aromatic carbocycles. The van der Waals surface area contributed by atoms with E-state index in [1.54, 1.807) is 19.2 Å². The second-order valence-corrected chi connectivity index (χ2v) is 9.21. The fourth-order valence-electron chi connectivity index (χ4n) is 6.07. The number of benzene rings is 2. The molecule has 0 spiro atoms.